The van der Waals surface area contributed by atoms with E-state index in [1.807, 2.05) is 26.0 Å². The third-order valence-electron chi connectivity index (χ3n) is 3.89. The number of hydrogen-bond acceptors (Lipinski definition) is 3. The maximum Gasteiger partial charge on any atom is 0.298 e. The van der Waals surface area contributed by atoms with Crippen LogP contribution in [0.1, 0.15) is 16.7 Å². The van der Waals surface area contributed by atoms with E-state index in [0.29, 0.717) is 26.2 Å². The molecule has 0 saturated carbocycles. The summed E-state index contributed by atoms with van der Waals surface area (Å²) in [6.07, 6.45) is 1.57. The Hall–Kier alpha value is -1.75. The lowest BCUT2D eigenvalue weighted by molar-refractivity contribution is -0.113. The molecule has 2 aromatic carbocycles. The number of aryl methyl sites for hydroxylation is 1. The second kappa shape index (κ2) is 6.63. The molecule has 122 valence electrons. The fourth-order valence-electron chi connectivity index (χ4n) is 2.43. The van der Waals surface area contributed by atoms with Crippen molar-refractivity contribution in [3.05, 3.63) is 68.0 Å². The Kier molecular flexibility index (Phi) is 4.72. The molecule has 0 aliphatic carbocycles. The van der Waals surface area contributed by atoms with Crippen molar-refractivity contribution in [1.29, 1.82) is 0 Å². The number of halogens is 2. The van der Waals surface area contributed by atoms with Crippen molar-refractivity contribution in [2.45, 2.75) is 13.8 Å². The van der Waals surface area contributed by atoms with Crippen molar-refractivity contribution in [3.8, 4) is 0 Å². The predicted molar refractivity (Wildman–Crippen MR) is 101 cm³/mol. The average molecular weight is 378 g/mol. The van der Waals surface area contributed by atoms with E-state index in [2.05, 4.69) is 0 Å². The van der Waals surface area contributed by atoms with Crippen LogP contribution in [0.25, 0.3) is 6.08 Å². The van der Waals surface area contributed by atoms with Crippen LogP contribution in [0.5, 0.6) is 0 Å². The molecule has 0 spiro atoms. The number of anilines is 1. The maximum absolute atomic E-state index is 12.7. The lowest BCUT2D eigenvalue weighted by atomic mass is 10.1. The number of hydrogen-bond donors (Lipinski definition) is 0. The third-order valence-corrected chi connectivity index (χ3v) is 5.41. The number of nitrogens with zero attached hydrogens (tertiary/aromatic N) is 1. The number of benzene rings is 2. The molecule has 1 heterocycles. The van der Waals surface area contributed by atoms with E-state index in [1.165, 1.54) is 4.90 Å². The van der Waals surface area contributed by atoms with E-state index in [-0.39, 0.29) is 11.1 Å². The summed E-state index contributed by atoms with van der Waals surface area (Å²) in [5.41, 5.74) is 3.06. The van der Waals surface area contributed by atoms with Gasteiger partial charge >= 0.3 is 0 Å². The first-order chi connectivity index (χ1) is 11.4. The summed E-state index contributed by atoms with van der Waals surface area (Å²) >= 11 is 13.2. The third kappa shape index (κ3) is 2.97. The monoisotopic (exact) mass is 377 g/mol. The van der Waals surface area contributed by atoms with Crippen LogP contribution in [0, 0.1) is 13.8 Å². The standard InChI is InChI=1S/C18H13Cl2NO2S/c1-10-5-3-8-15(11(10)2)21-17(22)16(24-18(21)23)9-12-13(19)6-4-7-14(12)20/h3-9H,1-2H3/b16-9-. The van der Waals surface area contributed by atoms with Crippen molar-refractivity contribution in [2.75, 3.05) is 4.90 Å². The molecule has 1 fully saturated rings. The zero-order valence-corrected chi connectivity index (χ0v) is 15.3. The molecule has 3 nitrogen and oxygen atoms in total. The Morgan fingerprint density at radius 2 is 1.62 bits per heavy atom. The number of imide groups is 1. The summed E-state index contributed by atoms with van der Waals surface area (Å²) < 4.78 is 0. The number of thioether (sulfide) groups is 1. The van der Waals surface area contributed by atoms with E-state index < -0.39 is 0 Å². The SMILES string of the molecule is Cc1cccc(N2C(=O)S/C(=C\c3c(Cl)cccc3Cl)C2=O)c1C. The number of rotatable bonds is 2. The topological polar surface area (TPSA) is 37.4 Å². The van der Waals surface area contributed by atoms with Crippen molar-refractivity contribution >= 4 is 57.9 Å². The molecule has 0 aromatic heterocycles. The van der Waals surface area contributed by atoms with Crippen molar-refractivity contribution < 1.29 is 9.59 Å². The summed E-state index contributed by atoms with van der Waals surface area (Å²) in [6, 6.07) is 10.6. The van der Waals surface area contributed by atoms with Crippen LogP contribution < -0.4 is 4.90 Å². The van der Waals surface area contributed by atoms with Gasteiger partial charge in [-0.05, 0) is 61.0 Å². The first-order valence-corrected chi connectivity index (χ1v) is 8.75. The van der Waals surface area contributed by atoms with Gasteiger partial charge in [-0.1, -0.05) is 41.4 Å². The van der Waals surface area contributed by atoms with Crippen LogP contribution in [0.3, 0.4) is 0 Å². The van der Waals surface area contributed by atoms with Gasteiger partial charge in [0.1, 0.15) is 0 Å². The van der Waals surface area contributed by atoms with Gasteiger partial charge < -0.3 is 0 Å². The summed E-state index contributed by atoms with van der Waals surface area (Å²) in [5, 5.41) is 0.533. The second-order valence-electron chi connectivity index (χ2n) is 5.37. The minimum absolute atomic E-state index is 0.302. The second-order valence-corrected chi connectivity index (χ2v) is 7.18. The molecule has 24 heavy (non-hydrogen) atoms. The Labute approximate surface area is 154 Å². The van der Waals surface area contributed by atoms with Gasteiger partial charge in [-0.15, -0.1) is 0 Å². The highest BCUT2D eigenvalue weighted by molar-refractivity contribution is 8.19. The van der Waals surface area contributed by atoms with Crippen molar-refractivity contribution in [1.82, 2.24) is 0 Å². The molecule has 1 saturated heterocycles. The molecule has 0 atom stereocenters. The summed E-state index contributed by atoms with van der Waals surface area (Å²) in [5.74, 6) is -0.366. The molecular formula is C18H13Cl2NO2S. The normalized spacial score (nSPS) is 16.3. The summed E-state index contributed by atoms with van der Waals surface area (Å²) in [4.78, 5) is 26.6. The van der Waals surface area contributed by atoms with Gasteiger partial charge in [0, 0.05) is 15.6 Å². The molecule has 0 unspecified atom stereocenters. The van der Waals surface area contributed by atoms with Crippen LogP contribution in [0.15, 0.2) is 41.3 Å². The highest BCUT2D eigenvalue weighted by Gasteiger charge is 2.37. The van der Waals surface area contributed by atoms with E-state index in [1.54, 1.807) is 30.3 Å². The molecule has 2 aromatic rings. The van der Waals surface area contributed by atoms with Gasteiger partial charge in [-0.3, -0.25) is 9.59 Å². The maximum atomic E-state index is 12.7. The molecular weight excluding hydrogens is 365 g/mol. The van der Waals surface area contributed by atoms with Gasteiger partial charge in [-0.25, -0.2) is 4.90 Å². The van der Waals surface area contributed by atoms with Crippen molar-refractivity contribution in [2.24, 2.45) is 0 Å². The van der Waals surface area contributed by atoms with Crippen molar-refractivity contribution in [3.63, 3.8) is 0 Å². The summed E-state index contributed by atoms with van der Waals surface area (Å²) in [6.45, 7) is 3.83. The largest absolute Gasteiger partial charge is 0.298 e. The fourth-order valence-corrected chi connectivity index (χ4v) is 3.76. The Bertz CT molecular complexity index is 872. The molecule has 3 rings (SSSR count). The van der Waals surface area contributed by atoms with Crippen LogP contribution in [0.4, 0.5) is 10.5 Å². The number of carbonyl (C=O) groups excluding carboxylic acids is 2. The molecule has 2 amide bonds. The highest BCUT2D eigenvalue weighted by atomic mass is 35.5. The van der Waals surface area contributed by atoms with Crippen LogP contribution in [-0.4, -0.2) is 11.1 Å². The van der Waals surface area contributed by atoms with Crippen LogP contribution in [0.2, 0.25) is 10.0 Å². The molecule has 0 bridgehead atoms. The van der Waals surface area contributed by atoms with Gasteiger partial charge in [0.15, 0.2) is 0 Å². The van der Waals surface area contributed by atoms with Gasteiger partial charge in [0.2, 0.25) is 0 Å². The molecule has 0 radical (unpaired) electrons. The lowest BCUT2D eigenvalue weighted by Gasteiger charge is -2.16. The Morgan fingerprint density at radius 1 is 1.00 bits per heavy atom. The zero-order valence-electron chi connectivity index (χ0n) is 13.0. The minimum atomic E-state index is -0.366. The quantitative estimate of drug-likeness (QED) is 0.615. The van der Waals surface area contributed by atoms with E-state index in [4.69, 9.17) is 23.2 Å². The zero-order chi connectivity index (χ0) is 17.4. The smallest absolute Gasteiger partial charge is 0.268 e. The molecule has 6 heteroatoms. The lowest BCUT2D eigenvalue weighted by Crippen LogP contribution is -2.28. The van der Waals surface area contributed by atoms with Gasteiger partial charge in [0.05, 0.1) is 10.6 Å². The number of carbonyl (C=O) groups is 2. The average Bonchev–Trinajstić information content (AvgIpc) is 2.80. The summed E-state index contributed by atoms with van der Waals surface area (Å²) in [7, 11) is 0. The first kappa shape index (κ1) is 17.1. The van der Waals surface area contributed by atoms with E-state index >= 15 is 0 Å². The van der Waals surface area contributed by atoms with E-state index in [0.717, 1.165) is 22.9 Å². The van der Waals surface area contributed by atoms with E-state index in [9.17, 15) is 9.59 Å². The molecule has 0 N–H and O–H groups in total. The molecule has 1 aliphatic rings. The Morgan fingerprint density at radius 3 is 2.29 bits per heavy atom. The van der Waals surface area contributed by atoms with Crippen LogP contribution in [-0.2, 0) is 4.79 Å². The van der Waals surface area contributed by atoms with Gasteiger partial charge in [-0.2, -0.15) is 0 Å². The minimum Gasteiger partial charge on any atom is -0.268 e. The van der Waals surface area contributed by atoms with Gasteiger partial charge in [0.25, 0.3) is 11.1 Å². The fraction of sp³-hybridized carbons (Fsp3) is 0.111. The first-order valence-electron chi connectivity index (χ1n) is 7.18. The van der Waals surface area contributed by atoms with Crippen LogP contribution >= 0.6 is 35.0 Å². The Balaban J connectivity index is 2.04. The molecule has 1 aliphatic heterocycles. The predicted octanol–water partition coefficient (Wildman–Crippen LogP) is 5.85. The number of amides is 2. The highest BCUT2D eigenvalue weighted by Crippen LogP contribution is 2.39.